The summed E-state index contributed by atoms with van der Waals surface area (Å²) in [6, 6.07) is 2.04. The van der Waals surface area contributed by atoms with E-state index in [1.165, 1.54) is 0 Å². The van der Waals surface area contributed by atoms with E-state index in [0.29, 0.717) is 6.42 Å². The summed E-state index contributed by atoms with van der Waals surface area (Å²) in [7, 11) is 0. The van der Waals surface area contributed by atoms with Gasteiger partial charge in [-0.15, -0.1) is 11.3 Å². The Balaban J connectivity index is 2.12. The van der Waals surface area contributed by atoms with E-state index in [1.807, 2.05) is 19.9 Å². The average molecular weight is 290 g/mol. The van der Waals surface area contributed by atoms with Gasteiger partial charge >= 0.3 is 0 Å². The third kappa shape index (κ3) is 4.65. The van der Waals surface area contributed by atoms with Crippen LogP contribution in [0.5, 0.6) is 0 Å². The van der Waals surface area contributed by atoms with Gasteiger partial charge in [0.1, 0.15) is 10.8 Å². The quantitative estimate of drug-likeness (QED) is 0.940. The Kier molecular flexibility index (Phi) is 4.50. The highest BCUT2D eigenvalue weighted by Gasteiger charge is 2.11. The van der Waals surface area contributed by atoms with Gasteiger partial charge in [0.2, 0.25) is 0 Å². The molecule has 2 rings (SSSR count). The van der Waals surface area contributed by atoms with Crippen LogP contribution in [0.15, 0.2) is 11.4 Å². The third-order valence-electron chi connectivity index (χ3n) is 2.73. The molecule has 0 amide bonds. The van der Waals surface area contributed by atoms with Gasteiger partial charge in [0.05, 0.1) is 12.1 Å². The fourth-order valence-electron chi connectivity index (χ4n) is 1.84. The van der Waals surface area contributed by atoms with Gasteiger partial charge in [0, 0.05) is 28.9 Å². The summed E-state index contributed by atoms with van der Waals surface area (Å²) in [6.07, 6.45) is 0.711. The number of aryl methyl sites for hydroxylation is 2. The lowest BCUT2D eigenvalue weighted by molar-refractivity contribution is 0.420. The number of nitrogens with zero attached hydrogens (tertiary/aromatic N) is 3. The first-order valence-electron chi connectivity index (χ1n) is 6.81. The number of thiazole rings is 1. The smallest absolute Gasteiger partial charge is 0.135 e. The van der Waals surface area contributed by atoms with Crippen LogP contribution in [0.25, 0.3) is 0 Å². The molecule has 0 saturated carbocycles. The highest BCUT2D eigenvalue weighted by atomic mass is 32.1. The largest absolute Gasteiger partial charge is 0.306 e. The van der Waals surface area contributed by atoms with Gasteiger partial charge in [-0.3, -0.25) is 0 Å². The zero-order valence-corrected chi connectivity index (χ0v) is 13.6. The second-order valence-electron chi connectivity index (χ2n) is 6.08. The van der Waals surface area contributed by atoms with E-state index < -0.39 is 0 Å². The SMILES string of the molecule is Cc1cc(CNC(C)(C)C)nc(Cc2nc(C)cs2)n1. The molecule has 0 aliphatic heterocycles. The van der Waals surface area contributed by atoms with Crippen molar-refractivity contribution in [2.45, 2.75) is 53.1 Å². The van der Waals surface area contributed by atoms with Gasteiger partial charge in [-0.25, -0.2) is 15.0 Å². The van der Waals surface area contributed by atoms with Gasteiger partial charge in [-0.2, -0.15) is 0 Å². The van der Waals surface area contributed by atoms with Crippen molar-refractivity contribution >= 4 is 11.3 Å². The maximum atomic E-state index is 4.63. The highest BCUT2D eigenvalue weighted by Crippen LogP contribution is 2.13. The number of rotatable bonds is 4. The van der Waals surface area contributed by atoms with Gasteiger partial charge in [-0.1, -0.05) is 0 Å². The minimum atomic E-state index is 0.0887. The molecule has 2 aromatic heterocycles. The van der Waals surface area contributed by atoms with Crippen molar-refractivity contribution in [1.29, 1.82) is 0 Å². The Morgan fingerprint density at radius 1 is 1.10 bits per heavy atom. The number of hydrogen-bond acceptors (Lipinski definition) is 5. The zero-order chi connectivity index (χ0) is 14.8. The topological polar surface area (TPSA) is 50.7 Å². The monoisotopic (exact) mass is 290 g/mol. The summed E-state index contributed by atoms with van der Waals surface area (Å²) >= 11 is 1.67. The molecule has 0 atom stereocenters. The number of nitrogens with one attached hydrogen (secondary N) is 1. The normalized spacial score (nSPS) is 11.8. The minimum Gasteiger partial charge on any atom is -0.306 e. The molecule has 0 fully saturated rings. The Morgan fingerprint density at radius 2 is 1.85 bits per heavy atom. The van der Waals surface area contributed by atoms with Gasteiger partial charge in [0.25, 0.3) is 0 Å². The molecule has 2 aromatic rings. The molecule has 0 spiro atoms. The van der Waals surface area contributed by atoms with Gasteiger partial charge in [-0.05, 0) is 40.7 Å². The van der Waals surface area contributed by atoms with E-state index in [4.69, 9.17) is 0 Å². The van der Waals surface area contributed by atoms with Crippen molar-refractivity contribution in [3.8, 4) is 0 Å². The van der Waals surface area contributed by atoms with Crippen molar-refractivity contribution in [3.05, 3.63) is 39.4 Å². The van der Waals surface area contributed by atoms with Crippen molar-refractivity contribution < 1.29 is 0 Å². The molecule has 1 N–H and O–H groups in total. The maximum Gasteiger partial charge on any atom is 0.135 e. The second-order valence-corrected chi connectivity index (χ2v) is 7.02. The Bertz CT molecular complexity index is 584. The van der Waals surface area contributed by atoms with Gasteiger partial charge in [0.15, 0.2) is 0 Å². The summed E-state index contributed by atoms with van der Waals surface area (Å²) in [5.41, 5.74) is 3.20. The van der Waals surface area contributed by atoms with Crippen molar-refractivity contribution in [2.24, 2.45) is 0 Å². The molecule has 0 unspecified atom stereocenters. The summed E-state index contributed by atoms with van der Waals surface area (Å²) in [4.78, 5) is 13.6. The zero-order valence-electron chi connectivity index (χ0n) is 12.8. The van der Waals surface area contributed by atoms with Crippen LogP contribution in [0.2, 0.25) is 0 Å². The van der Waals surface area contributed by atoms with E-state index in [-0.39, 0.29) is 5.54 Å². The summed E-state index contributed by atoms with van der Waals surface area (Å²) in [6.45, 7) is 11.2. The fourth-order valence-corrected chi connectivity index (χ4v) is 2.61. The molecule has 0 aliphatic carbocycles. The highest BCUT2D eigenvalue weighted by molar-refractivity contribution is 7.09. The molecule has 0 radical (unpaired) electrons. The minimum absolute atomic E-state index is 0.0887. The molecule has 108 valence electrons. The van der Waals surface area contributed by atoms with E-state index in [2.05, 4.69) is 46.4 Å². The Morgan fingerprint density at radius 3 is 2.45 bits per heavy atom. The molecule has 0 bridgehead atoms. The third-order valence-corrected chi connectivity index (χ3v) is 3.70. The fraction of sp³-hybridized carbons (Fsp3) is 0.533. The summed E-state index contributed by atoms with van der Waals surface area (Å²) in [5.74, 6) is 0.852. The predicted octanol–water partition coefficient (Wildman–Crippen LogP) is 3.03. The van der Waals surface area contributed by atoms with Crippen LogP contribution in [-0.2, 0) is 13.0 Å². The molecule has 2 heterocycles. The second kappa shape index (κ2) is 5.97. The Hall–Kier alpha value is -1.33. The lowest BCUT2D eigenvalue weighted by Gasteiger charge is -2.20. The van der Waals surface area contributed by atoms with Crippen molar-refractivity contribution in [1.82, 2.24) is 20.3 Å². The Labute approximate surface area is 124 Å². The van der Waals surface area contributed by atoms with Crippen LogP contribution in [0.4, 0.5) is 0 Å². The van der Waals surface area contributed by atoms with Crippen LogP contribution in [0, 0.1) is 13.8 Å². The summed E-state index contributed by atoms with van der Waals surface area (Å²) < 4.78 is 0. The van der Waals surface area contributed by atoms with Crippen molar-refractivity contribution in [2.75, 3.05) is 0 Å². The molecule has 0 saturated heterocycles. The van der Waals surface area contributed by atoms with E-state index in [1.54, 1.807) is 11.3 Å². The molecular formula is C15H22N4S. The van der Waals surface area contributed by atoms with E-state index in [9.17, 15) is 0 Å². The van der Waals surface area contributed by atoms with E-state index in [0.717, 1.165) is 34.5 Å². The molecular weight excluding hydrogens is 268 g/mol. The first-order chi connectivity index (χ1) is 9.32. The van der Waals surface area contributed by atoms with Crippen LogP contribution in [0.3, 0.4) is 0 Å². The first-order valence-corrected chi connectivity index (χ1v) is 7.69. The standard InChI is InChI=1S/C15H22N4S/c1-10-6-12(8-16-15(3,4)5)19-13(17-10)7-14-18-11(2)9-20-14/h6,9,16H,7-8H2,1-5H3. The van der Waals surface area contributed by atoms with E-state index >= 15 is 0 Å². The van der Waals surface area contributed by atoms with Crippen LogP contribution in [-0.4, -0.2) is 20.5 Å². The molecule has 0 aromatic carbocycles. The van der Waals surface area contributed by atoms with Crippen LogP contribution < -0.4 is 5.32 Å². The predicted molar refractivity (Wildman–Crippen MR) is 83.0 cm³/mol. The number of hydrogen-bond donors (Lipinski definition) is 1. The van der Waals surface area contributed by atoms with Crippen LogP contribution >= 0.6 is 11.3 Å². The lowest BCUT2D eigenvalue weighted by atomic mass is 10.1. The van der Waals surface area contributed by atoms with Gasteiger partial charge < -0.3 is 5.32 Å². The maximum absolute atomic E-state index is 4.63. The van der Waals surface area contributed by atoms with Crippen molar-refractivity contribution in [3.63, 3.8) is 0 Å². The molecule has 20 heavy (non-hydrogen) atoms. The first kappa shape index (κ1) is 15.1. The average Bonchev–Trinajstić information content (AvgIpc) is 2.70. The summed E-state index contributed by atoms with van der Waals surface area (Å²) in [5, 5.41) is 6.59. The van der Waals surface area contributed by atoms with Crippen LogP contribution in [0.1, 0.15) is 48.7 Å². The molecule has 4 nitrogen and oxygen atoms in total. The molecule has 0 aliphatic rings. The number of aromatic nitrogens is 3. The molecule has 5 heteroatoms. The lowest BCUT2D eigenvalue weighted by Crippen LogP contribution is -2.35.